The molecule has 0 unspecified atom stereocenters. The highest BCUT2D eigenvalue weighted by molar-refractivity contribution is 9.10. The van der Waals surface area contributed by atoms with Crippen LogP contribution in [0.25, 0.3) is 0 Å². The lowest BCUT2D eigenvalue weighted by molar-refractivity contribution is 0.0697. The molecule has 0 amide bonds. The number of carbonyl (C=O) groups is 1. The van der Waals surface area contributed by atoms with Gasteiger partial charge in [0.25, 0.3) is 5.56 Å². The third-order valence-electron chi connectivity index (χ3n) is 2.79. The first kappa shape index (κ1) is 15.0. The molecule has 8 nitrogen and oxygen atoms in total. The summed E-state index contributed by atoms with van der Waals surface area (Å²) in [5.74, 6) is -1.10. The Labute approximate surface area is 126 Å². The number of anilines is 2. The van der Waals surface area contributed by atoms with Crippen molar-refractivity contribution in [2.75, 3.05) is 5.32 Å². The molecule has 0 saturated carbocycles. The van der Waals surface area contributed by atoms with Gasteiger partial charge >= 0.3 is 11.7 Å². The van der Waals surface area contributed by atoms with Crippen LogP contribution >= 0.6 is 15.9 Å². The van der Waals surface area contributed by atoms with Crippen molar-refractivity contribution in [3.05, 3.63) is 49.1 Å². The smallest absolute Gasteiger partial charge is 0.346 e. The van der Waals surface area contributed by atoms with Crippen molar-refractivity contribution in [3.8, 4) is 0 Å². The van der Waals surface area contributed by atoms with Gasteiger partial charge in [-0.1, -0.05) is 0 Å². The lowest BCUT2D eigenvalue weighted by Crippen LogP contribution is -2.39. The van der Waals surface area contributed by atoms with Gasteiger partial charge in [0.15, 0.2) is 0 Å². The maximum absolute atomic E-state index is 11.9. The van der Waals surface area contributed by atoms with Crippen molar-refractivity contribution in [2.24, 2.45) is 14.1 Å². The van der Waals surface area contributed by atoms with E-state index < -0.39 is 17.2 Å². The number of carboxylic acid groups (broad SMARTS) is 1. The normalized spacial score (nSPS) is 10.4. The van der Waals surface area contributed by atoms with Gasteiger partial charge in [-0.15, -0.1) is 5.10 Å². The Morgan fingerprint density at radius 1 is 1.33 bits per heavy atom. The number of carboxylic acids is 1. The first-order valence-electron chi connectivity index (χ1n) is 5.75. The molecule has 0 aliphatic rings. The number of benzene rings is 1. The van der Waals surface area contributed by atoms with Crippen molar-refractivity contribution in [1.82, 2.24) is 14.3 Å². The van der Waals surface area contributed by atoms with Crippen LogP contribution in [0.1, 0.15) is 10.4 Å². The summed E-state index contributed by atoms with van der Waals surface area (Å²) in [5.41, 5.74) is -0.546. The number of aromatic nitrogens is 3. The maximum atomic E-state index is 11.9. The molecule has 110 valence electrons. The van der Waals surface area contributed by atoms with Crippen LogP contribution in [-0.4, -0.2) is 25.4 Å². The average molecular weight is 355 g/mol. The van der Waals surface area contributed by atoms with Crippen molar-refractivity contribution in [3.63, 3.8) is 0 Å². The Hall–Kier alpha value is -2.42. The summed E-state index contributed by atoms with van der Waals surface area (Å²) >= 11 is 3.22. The van der Waals surface area contributed by atoms with E-state index in [2.05, 4.69) is 26.3 Å². The van der Waals surface area contributed by atoms with E-state index in [-0.39, 0.29) is 11.4 Å². The average Bonchev–Trinajstić information content (AvgIpc) is 2.44. The molecule has 2 aromatic rings. The third kappa shape index (κ3) is 2.87. The minimum atomic E-state index is -1.06. The molecule has 21 heavy (non-hydrogen) atoms. The number of halogens is 1. The molecule has 1 aromatic heterocycles. The maximum Gasteiger partial charge on any atom is 0.346 e. The van der Waals surface area contributed by atoms with E-state index in [1.54, 1.807) is 0 Å². The molecular weight excluding hydrogens is 344 g/mol. The lowest BCUT2D eigenvalue weighted by Gasteiger charge is -2.10. The molecule has 1 heterocycles. The quantitative estimate of drug-likeness (QED) is 0.839. The molecular formula is C12H11BrN4O4. The fourth-order valence-electron chi connectivity index (χ4n) is 1.65. The monoisotopic (exact) mass is 354 g/mol. The van der Waals surface area contributed by atoms with E-state index in [0.717, 1.165) is 9.25 Å². The standard InChI is InChI=1S/C12H11BrN4O4/c1-16-10(18)9(15-17(2)12(16)21)14-8-4-3-6(11(19)20)5-7(8)13/h3-5H,1-2H3,(H,14,15)(H,19,20). The zero-order valence-electron chi connectivity index (χ0n) is 11.1. The minimum Gasteiger partial charge on any atom is -0.478 e. The highest BCUT2D eigenvalue weighted by Crippen LogP contribution is 2.25. The summed E-state index contributed by atoms with van der Waals surface area (Å²) in [6.07, 6.45) is 0. The van der Waals surface area contributed by atoms with Gasteiger partial charge in [0.2, 0.25) is 5.82 Å². The van der Waals surface area contributed by atoms with Gasteiger partial charge in [-0.25, -0.2) is 14.3 Å². The van der Waals surface area contributed by atoms with Crippen molar-refractivity contribution in [1.29, 1.82) is 0 Å². The first-order chi connectivity index (χ1) is 9.81. The van der Waals surface area contributed by atoms with E-state index in [0.29, 0.717) is 10.2 Å². The minimum absolute atomic E-state index is 0.0385. The zero-order valence-corrected chi connectivity index (χ0v) is 12.7. The molecule has 1 aromatic carbocycles. The van der Waals surface area contributed by atoms with Crippen LogP contribution < -0.4 is 16.6 Å². The summed E-state index contributed by atoms with van der Waals surface area (Å²) in [6.45, 7) is 0. The van der Waals surface area contributed by atoms with Gasteiger partial charge in [-0.05, 0) is 34.1 Å². The molecule has 0 saturated heterocycles. The highest BCUT2D eigenvalue weighted by atomic mass is 79.9. The SMILES string of the molecule is Cn1nc(Nc2ccc(C(=O)O)cc2Br)c(=O)n(C)c1=O. The zero-order chi connectivity index (χ0) is 15.7. The molecule has 2 rings (SSSR count). The van der Waals surface area contributed by atoms with Gasteiger partial charge < -0.3 is 10.4 Å². The Bertz CT molecular complexity index is 840. The molecule has 2 N–H and O–H groups in total. The second-order valence-electron chi connectivity index (χ2n) is 4.24. The van der Waals surface area contributed by atoms with Gasteiger partial charge in [-0.2, -0.15) is 0 Å². The second kappa shape index (κ2) is 5.52. The van der Waals surface area contributed by atoms with E-state index in [9.17, 15) is 14.4 Å². The van der Waals surface area contributed by atoms with E-state index in [4.69, 9.17) is 5.11 Å². The molecule has 0 aliphatic carbocycles. The van der Waals surface area contributed by atoms with Crippen LogP contribution in [0, 0.1) is 0 Å². The predicted octanol–water partition coefficient (Wildman–Crippen LogP) is 0.683. The van der Waals surface area contributed by atoms with Gasteiger partial charge in [0, 0.05) is 18.6 Å². The number of nitrogens with one attached hydrogen (secondary N) is 1. The van der Waals surface area contributed by atoms with Crippen molar-refractivity contribution < 1.29 is 9.90 Å². The number of hydrogen-bond donors (Lipinski definition) is 2. The third-order valence-corrected chi connectivity index (χ3v) is 3.45. The summed E-state index contributed by atoms with van der Waals surface area (Å²) in [6, 6.07) is 4.29. The highest BCUT2D eigenvalue weighted by Gasteiger charge is 2.12. The van der Waals surface area contributed by atoms with Crippen molar-refractivity contribution >= 4 is 33.4 Å². The summed E-state index contributed by atoms with van der Waals surface area (Å²) in [7, 11) is 2.77. The fraction of sp³-hybridized carbons (Fsp3) is 0.167. The Balaban J connectivity index is 2.46. The number of nitrogens with zero attached hydrogens (tertiary/aromatic N) is 3. The molecule has 0 aliphatic heterocycles. The van der Waals surface area contributed by atoms with E-state index in [1.165, 1.54) is 32.3 Å². The van der Waals surface area contributed by atoms with E-state index in [1.807, 2.05) is 0 Å². The number of rotatable bonds is 3. The first-order valence-corrected chi connectivity index (χ1v) is 6.54. The lowest BCUT2D eigenvalue weighted by atomic mass is 10.2. The predicted molar refractivity (Wildman–Crippen MR) is 79.1 cm³/mol. The second-order valence-corrected chi connectivity index (χ2v) is 5.10. The van der Waals surface area contributed by atoms with Crippen LogP contribution in [0.2, 0.25) is 0 Å². The Morgan fingerprint density at radius 3 is 2.57 bits per heavy atom. The van der Waals surface area contributed by atoms with Crippen LogP contribution in [-0.2, 0) is 14.1 Å². The summed E-state index contributed by atoms with van der Waals surface area (Å²) < 4.78 is 2.41. The van der Waals surface area contributed by atoms with Crippen LogP contribution in [0.4, 0.5) is 11.5 Å². The summed E-state index contributed by atoms with van der Waals surface area (Å²) in [4.78, 5) is 34.3. The van der Waals surface area contributed by atoms with Gasteiger partial charge in [0.05, 0.1) is 11.3 Å². The fourth-order valence-corrected chi connectivity index (χ4v) is 2.13. The van der Waals surface area contributed by atoms with Gasteiger partial charge in [0.1, 0.15) is 0 Å². The van der Waals surface area contributed by atoms with Crippen LogP contribution in [0.15, 0.2) is 32.3 Å². The molecule has 0 spiro atoms. The topological polar surface area (TPSA) is 106 Å². The summed E-state index contributed by atoms with van der Waals surface area (Å²) in [5, 5.41) is 15.5. The molecule has 0 bridgehead atoms. The van der Waals surface area contributed by atoms with E-state index >= 15 is 0 Å². The number of aryl methyl sites for hydroxylation is 1. The van der Waals surface area contributed by atoms with Crippen LogP contribution in [0.5, 0.6) is 0 Å². The van der Waals surface area contributed by atoms with Crippen LogP contribution in [0.3, 0.4) is 0 Å². The number of aromatic carboxylic acids is 1. The molecule has 0 radical (unpaired) electrons. The Kier molecular flexibility index (Phi) is 3.94. The number of hydrogen-bond acceptors (Lipinski definition) is 5. The molecule has 0 fully saturated rings. The van der Waals surface area contributed by atoms with Crippen molar-refractivity contribution in [2.45, 2.75) is 0 Å². The largest absolute Gasteiger partial charge is 0.478 e. The molecule has 0 atom stereocenters. The molecule has 9 heteroatoms. The Morgan fingerprint density at radius 2 is 2.00 bits per heavy atom. The van der Waals surface area contributed by atoms with Gasteiger partial charge in [-0.3, -0.25) is 9.36 Å².